The molecule has 2 rings (SSSR count). The van der Waals surface area contributed by atoms with Crippen LogP contribution in [-0.4, -0.2) is 39.6 Å². The van der Waals surface area contributed by atoms with E-state index in [1.165, 1.54) is 13.8 Å². The molecule has 1 aromatic rings. The standard InChI is InChI=1S/C11H11N3O6/c1-11(2)10(17)12-7(15)5-13(11)9(16)6-3-4-8(20-6)14(18)19/h3-4H,5H2,1-2H3,(H,12,15,17). The van der Waals surface area contributed by atoms with Gasteiger partial charge in [0.2, 0.25) is 5.91 Å². The fourth-order valence-electron chi connectivity index (χ4n) is 1.78. The number of furan rings is 1. The smallest absolute Gasteiger partial charge is 0.395 e. The van der Waals surface area contributed by atoms with E-state index in [0.29, 0.717) is 0 Å². The van der Waals surface area contributed by atoms with E-state index in [4.69, 9.17) is 4.42 Å². The van der Waals surface area contributed by atoms with Crippen LogP contribution >= 0.6 is 0 Å². The average Bonchev–Trinajstić information content (AvgIpc) is 2.83. The Hall–Kier alpha value is -2.71. The highest BCUT2D eigenvalue weighted by atomic mass is 16.6. The summed E-state index contributed by atoms with van der Waals surface area (Å²) in [5.74, 6) is -2.88. The largest absolute Gasteiger partial charge is 0.433 e. The summed E-state index contributed by atoms with van der Waals surface area (Å²) in [6, 6.07) is 2.17. The molecule has 3 amide bonds. The van der Waals surface area contributed by atoms with Crippen LogP contribution in [0.15, 0.2) is 16.5 Å². The van der Waals surface area contributed by atoms with Gasteiger partial charge in [-0.3, -0.25) is 29.8 Å². The molecule has 0 aromatic carbocycles. The number of hydrogen-bond acceptors (Lipinski definition) is 6. The number of imide groups is 1. The van der Waals surface area contributed by atoms with Crippen LogP contribution in [0.5, 0.6) is 0 Å². The molecule has 9 heteroatoms. The van der Waals surface area contributed by atoms with Crippen LogP contribution in [0.4, 0.5) is 5.88 Å². The summed E-state index contributed by atoms with van der Waals surface area (Å²) >= 11 is 0. The van der Waals surface area contributed by atoms with Crippen molar-refractivity contribution in [3.05, 3.63) is 28.0 Å². The van der Waals surface area contributed by atoms with Gasteiger partial charge in [0.1, 0.15) is 17.0 Å². The van der Waals surface area contributed by atoms with Crippen molar-refractivity contribution in [2.45, 2.75) is 19.4 Å². The number of carbonyl (C=O) groups excluding carboxylic acids is 3. The first-order valence-electron chi connectivity index (χ1n) is 5.64. The highest BCUT2D eigenvalue weighted by Gasteiger charge is 2.44. The fourth-order valence-corrected chi connectivity index (χ4v) is 1.78. The molecule has 1 aliphatic rings. The highest BCUT2D eigenvalue weighted by molar-refractivity contribution is 6.08. The van der Waals surface area contributed by atoms with Crippen LogP contribution in [0.2, 0.25) is 0 Å². The van der Waals surface area contributed by atoms with Crippen molar-refractivity contribution in [3.63, 3.8) is 0 Å². The first-order valence-corrected chi connectivity index (χ1v) is 5.64. The maximum absolute atomic E-state index is 12.2. The molecule has 9 nitrogen and oxygen atoms in total. The van der Waals surface area contributed by atoms with Gasteiger partial charge in [-0.2, -0.15) is 0 Å². The maximum atomic E-state index is 12.2. The molecular weight excluding hydrogens is 270 g/mol. The summed E-state index contributed by atoms with van der Waals surface area (Å²) in [5, 5.41) is 12.6. The summed E-state index contributed by atoms with van der Waals surface area (Å²) in [6.07, 6.45) is 0. The molecule has 106 valence electrons. The molecule has 0 unspecified atom stereocenters. The number of nitrogens with zero attached hydrogens (tertiary/aromatic N) is 2. The van der Waals surface area contributed by atoms with Gasteiger partial charge in [0.05, 0.1) is 6.07 Å². The zero-order chi connectivity index (χ0) is 15.1. The van der Waals surface area contributed by atoms with E-state index in [1.807, 2.05) is 0 Å². The Labute approximate surface area is 112 Å². The summed E-state index contributed by atoms with van der Waals surface area (Å²) in [5.41, 5.74) is -1.26. The van der Waals surface area contributed by atoms with E-state index >= 15 is 0 Å². The van der Waals surface area contributed by atoms with E-state index in [0.717, 1.165) is 17.0 Å². The van der Waals surface area contributed by atoms with Crippen molar-refractivity contribution in [1.29, 1.82) is 0 Å². The van der Waals surface area contributed by atoms with Gasteiger partial charge in [-0.1, -0.05) is 0 Å². The Morgan fingerprint density at radius 3 is 2.65 bits per heavy atom. The highest BCUT2D eigenvalue weighted by Crippen LogP contribution is 2.23. The number of nitrogens with one attached hydrogen (secondary N) is 1. The third-order valence-electron chi connectivity index (χ3n) is 3.01. The molecule has 1 aliphatic heterocycles. The van der Waals surface area contributed by atoms with Crippen LogP contribution in [0.25, 0.3) is 0 Å². The fraction of sp³-hybridized carbons (Fsp3) is 0.364. The molecule has 0 bridgehead atoms. The first kappa shape index (κ1) is 13.7. The van der Waals surface area contributed by atoms with Crippen LogP contribution < -0.4 is 5.32 Å². The minimum Gasteiger partial charge on any atom is -0.395 e. The van der Waals surface area contributed by atoms with Gasteiger partial charge in [0.25, 0.3) is 11.8 Å². The average molecular weight is 281 g/mol. The molecule has 0 aliphatic carbocycles. The van der Waals surface area contributed by atoms with Crippen molar-refractivity contribution >= 4 is 23.6 Å². The van der Waals surface area contributed by atoms with Gasteiger partial charge < -0.3 is 9.32 Å². The lowest BCUT2D eigenvalue weighted by Crippen LogP contribution is -2.65. The predicted octanol–water partition coefficient (Wildman–Crippen LogP) is 0.0650. The third-order valence-corrected chi connectivity index (χ3v) is 3.01. The number of nitro groups is 1. The monoisotopic (exact) mass is 281 g/mol. The van der Waals surface area contributed by atoms with Gasteiger partial charge in [-0.25, -0.2) is 0 Å². The number of rotatable bonds is 2. The Morgan fingerprint density at radius 1 is 1.45 bits per heavy atom. The lowest BCUT2D eigenvalue weighted by atomic mass is 9.98. The van der Waals surface area contributed by atoms with E-state index in [2.05, 4.69) is 5.32 Å². The van der Waals surface area contributed by atoms with Crippen molar-refractivity contribution in [3.8, 4) is 0 Å². The lowest BCUT2D eigenvalue weighted by molar-refractivity contribution is -0.402. The number of amides is 3. The maximum Gasteiger partial charge on any atom is 0.433 e. The van der Waals surface area contributed by atoms with Gasteiger partial charge in [-0.15, -0.1) is 0 Å². The SMILES string of the molecule is CC1(C)C(=O)NC(=O)CN1C(=O)c1ccc([N+](=O)[O-])o1. The molecule has 0 radical (unpaired) electrons. The Kier molecular flexibility index (Phi) is 3.04. The second kappa shape index (κ2) is 4.44. The van der Waals surface area contributed by atoms with Gasteiger partial charge in [0, 0.05) is 0 Å². The van der Waals surface area contributed by atoms with E-state index in [-0.39, 0.29) is 12.3 Å². The van der Waals surface area contributed by atoms with Crippen molar-refractivity contribution in [1.82, 2.24) is 10.2 Å². The van der Waals surface area contributed by atoms with E-state index in [9.17, 15) is 24.5 Å². The zero-order valence-corrected chi connectivity index (χ0v) is 10.7. The second-order valence-electron chi connectivity index (χ2n) is 4.72. The molecule has 20 heavy (non-hydrogen) atoms. The zero-order valence-electron chi connectivity index (χ0n) is 10.7. The van der Waals surface area contributed by atoms with Crippen LogP contribution in [0.1, 0.15) is 24.4 Å². The molecule has 0 atom stereocenters. The number of carbonyl (C=O) groups is 3. The minimum absolute atomic E-state index is 0.299. The number of hydrogen-bond donors (Lipinski definition) is 1. The van der Waals surface area contributed by atoms with Crippen molar-refractivity contribution in [2.24, 2.45) is 0 Å². The van der Waals surface area contributed by atoms with Crippen molar-refractivity contribution in [2.75, 3.05) is 6.54 Å². The van der Waals surface area contributed by atoms with Gasteiger partial charge >= 0.3 is 5.88 Å². The lowest BCUT2D eigenvalue weighted by Gasteiger charge is -2.39. The first-order chi connectivity index (χ1) is 9.23. The molecule has 1 fully saturated rings. The molecule has 2 heterocycles. The van der Waals surface area contributed by atoms with Crippen molar-refractivity contribution < 1.29 is 23.7 Å². The molecule has 1 N–H and O–H groups in total. The van der Waals surface area contributed by atoms with Crippen LogP contribution in [0.3, 0.4) is 0 Å². The van der Waals surface area contributed by atoms with Gasteiger partial charge in [0.15, 0.2) is 5.76 Å². The molecule has 1 aromatic heterocycles. The Balaban J connectivity index is 2.32. The quantitative estimate of drug-likeness (QED) is 0.464. The summed E-state index contributed by atoms with van der Waals surface area (Å²) < 4.78 is 4.79. The predicted molar refractivity (Wildman–Crippen MR) is 63.6 cm³/mol. The third kappa shape index (κ3) is 2.13. The van der Waals surface area contributed by atoms with Gasteiger partial charge in [-0.05, 0) is 19.9 Å². The minimum atomic E-state index is -1.26. The number of piperazine rings is 1. The summed E-state index contributed by atoms with van der Waals surface area (Å²) in [7, 11) is 0. The second-order valence-corrected chi connectivity index (χ2v) is 4.72. The van der Waals surface area contributed by atoms with E-state index < -0.39 is 34.1 Å². The van der Waals surface area contributed by atoms with Crippen LogP contribution in [-0.2, 0) is 9.59 Å². The van der Waals surface area contributed by atoms with Crippen LogP contribution in [0, 0.1) is 10.1 Å². The normalized spacial score (nSPS) is 17.8. The topological polar surface area (TPSA) is 123 Å². The Morgan fingerprint density at radius 2 is 2.10 bits per heavy atom. The Bertz CT molecular complexity index is 617. The van der Waals surface area contributed by atoms with E-state index in [1.54, 1.807) is 0 Å². The summed E-state index contributed by atoms with van der Waals surface area (Å²) in [6.45, 7) is 2.60. The molecule has 1 saturated heterocycles. The summed E-state index contributed by atoms with van der Waals surface area (Å²) in [4.78, 5) is 46.0. The molecule has 0 saturated carbocycles. The molecule has 0 spiro atoms. The molecular formula is C11H11N3O6.